The molecule has 29 heavy (non-hydrogen) atoms. The highest BCUT2D eigenvalue weighted by atomic mass is 35.5. The highest BCUT2D eigenvalue weighted by Gasteiger charge is 2.16. The topological polar surface area (TPSA) is 98.3 Å². The SMILES string of the molecule is Cc1nc(NC(=O)c2cc3cc(Cl)ccc3o2)sc1Cc1cccc([N+](=O)[O-])c1. The molecular formula is C20H14ClN3O4S. The molecular weight excluding hydrogens is 414 g/mol. The number of nitro groups is 1. The van der Waals surface area contributed by atoms with Crippen LogP contribution in [-0.2, 0) is 6.42 Å². The number of aromatic nitrogens is 1. The first kappa shape index (κ1) is 19.1. The van der Waals surface area contributed by atoms with Gasteiger partial charge in [0.15, 0.2) is 10.9 Å². The zero-order chi connectivity index (χ0) is 20.5. The summed E-state index contributed by atoms with van der Waals surface area (Å²) in [6, 6.07) is 13.2. The van der Waals surface area contributed by atoms with Crippen LogP contribution in [0.25, 0.3) is 11.0 Å². The number of nitro benzene ring substituents is 1. The van der Waals surface area contributed by atoms with Gasteiger partial charge in [-0.2, -0.15) is 0 Å². The van der Waals surface area contributed by atoms with Crippen LogP contribution in [0.5, 0.6) is 0 Å². The minimum Gasteiger partial charge on any atom is -0.451 e. The lowest BCUT2D eigenvalue weighted by molar-refractivity contribution is -0.384. The average molecular weight is 428 g/mol. The maximum absolute atomic E-state index is 12.5. The first-order chi connectivity index (χ1) is 13.9. The minimum absolute atomic E-state index is 0.0446. The van der Waals surface area contributed by atoms with Gasteiger partial charge < -0.3 is 4.42 Å². The standard InChI is InChI=1S/C20H14ClN3O4S/c1-11-18(8-12-3-2-4-15(7-12)24(26)27)29-20(22-11)23-19(25)17-10-13-9-14(21)5-6-16(13)28-17/h2-7,9-10H,8H2,1H3,(H,22,23,25). The number of rotatable bonds is 5. The lowest BCUT2D eigenvalue weighted by Crippen LogP contribution is -2.10. The Morgan fingerprint density at radius 1 is 1.28 bits per heavy atom. The lowest BCUT2D eigenvalue weighted by Gasteiger charge is -2.00. The Morgan fingerprint density at radius 2 is 2.10 bits per heavy atom. The summed E-state index contributed by atoms with van der Waals surface area (Å²) >= 11 is 7.29. The number of carbonyl (C=O) groups is 1. The predicted octanol–water partition coefficient (Wildman–Crippen LogP) is 5.60. The van der Waals surface area contributed by atoms with Crippen LogP contribution < -0.4 is 5.32 Å². The smallest absolute Gasteiger partial charge is 0.293 e. The van der Waals surface area contributed by atoms with E-state index in [0.29, 0.717) is 22.2 Å². The van der Waals surface area contributed by atoms with Gasteiger partial charge in [0, 0.05) is 33.8 Å². The molecule has 0 aliphatic rings. The molecule has 4 aromatic rings. The number of anilines is 1. The van der Waals surface area contributed by atoms with E-state index in [1.165, 1.54) is 23.5 Å². The van der Waals surface area contributed by atoms with Gasteiger partial charge in [-0.1, -0.05) is 23.7 Å². The number of nitrogens with one attached hydrogen (secondary N) is 1. The molecule has 7 nitrogen and oxygen atoms in total. The summed E-state index contributed by atoms with van der Waals surface area (Å²) in [5, 5.41) is 15.4. The van der Waals surface area contributed by atoms with Crippen molar-refractivity contribution in [3.63, 3.8) is 0 Å². The average Bonchev–Trinajstić information content (AvgIpc) is 3.25. The van der Waals surface area contributed by atoms with Crippen molar-refractivity contribution in [2.75, 3.05) is 5.32 Å². The molecule has 0 radical (unpaired) electrons. The van der Waals surface area contributed by atoms with E-state index in [9.17, 15) is 14.9 Å². The zero-order valence-corrected chi connectivity index (χ0v) is 16.7. The molecule has 0 saturated carbocycles. The Labute approximate surface area is 174 Å². The van der Waals surface area contributed by atoms with Gasteiger partial charge in [-0.15, -0.1) is 11.3 Å². The maximum atomic E-state index is 12.5. The number of hydrogen-bond acceptors (Lipinski definition) is 6. The Hall–Kier alpha value is -3.23. The number of amides is 1. The fourth-order valence-electron chi connectivity index (χ4n) is 2.90. The third-order valence-electron chi connectivity index (χ3n) is 4.30. The van der Waals surface area contributed by atoms with Crippen molar-refractivity contribution in [3.05, 3.63) is 85.6 Å². The van der Waals surface area contributed by atoms with Gasteiger partial charge in [-0.25, -0.2) is 4.98 Å². The van der Waals surface area contributed by atoms with Crippen molar-refractivity contribution >= 4 is 50.6 Å². The number of halogens is 1. The number of carbonyl (C=O) groups excluding carboxylic acids is 1. The number of thiazole rings is 1. The second-order valence-electron chi connectivity index (χ2n) is 6.38. The first-order valence-electron chi connectivity index (χ1n) is 8.59. The van der Waals surface area contributed by atoms with Crippen LogP contribution in [0.3, 0.4) is 0 Å². The number of aryl methyl sites for hydroxylation is 1. The van der Waals surface area contributed by atoms with E-state index < -0.39 is 10.8 Å². The fourth-order valence-corrected chi connectivity index (χ4v) is 4.07. The number of nitrogens with zero attached hydrogens (tertiary/aromatic N) is 2. The summed E-state index contributed by atoms with van der Waals surface area (Å²) in [6.07, 6.45) is 0.490. The summed E-state index contributed by atoms with van der Waals surface area (Å²) in [5.41, 5.74) is 2.18. The molecule has 0 fully saturated rings. The molecule has 0 spiro atoms. The van der Waals surface area contributed by atoms with E-state index in [-0.39, 0.29) is 11.4 Å². The second kappa shape index (κ2) is 7.65. The van der Waals surface area contributed by atoms with Crippen molar-refractivity contribution in [2.24, 2.45) is 0 Å². The van der Waals surface area contributed by atoms with Crippen LogP contribution >= 0.6 is 22.9 Å². The molecule has 0 aliphatic heterocycles. The van der Waals surface area contributed by atoms with Gasteiger partial charge in [0.2, 0.25) is 0 Å². The van der Waals surface area contributed by atoms with Gasteiger partial charge in [-0.05, 0) is 36.8 Å². The quantitative estimate of drug-likeness (QED) is 0.330. The molecule has 0 atom stereocenters. The maximum Gasteiger partial charge on any atom is 0.293 e. The van der Waals surface area contributed by atoms with Gasteiger partial charge in [0.25, 0.3) is 11.6 Å². The predicted molar refractivity (Wildman–Crippen MR) is 112 cm³/mol. The molecule has 146 valence electrons. The summed E-state index contributed by atoms with van der Waals surface area (Å²) in [4.78, 5) is 28.3. The largest absolute Gasteiger partial charge is 0.451 e. The summed E-state index contributed by atoms with van der Waals surface area (Å²) in [7, 11) is 0. The normalized spacial score (nSPS) is 11.0. The van der Waals surface area contributed by atoms with Crippen molar-refractivity contribution in [3.8, 4) is 0 Å². The van der Waals surface area contributed by atoms with Gasteiger partial charge in [-0.3, -0.25) is 20.2 Å². The van der Waals surface area contributed by atoms with Crippen molar-refractivity contribution in [1.29, 1.82) is 0 Å². The summed E-state index contributed by atoms with van der Waals surface area (Å²) < 4.78 is 5.57. The van der Waals surface area contributed by atoms with Crippen LogP contribution in [0.1, 0.15) is 26.7 Å². The van der Waals surface area contributed by atoms with Gasteiger partial charge in [0.1, 0.15) is 5.58 Å². The first-order valence-corrected chi connectivity index (χ1v) is 9.78. The molecule has 0 saturated heterocycles. The highest BCUT2D eigenvalue weighted by Crippen LogP contribution is 2.28. The third-order valence-corrected chi connectivity index (χ3v) is 5.61. The van der Waals surface area contributed by atoms with E-state index in [1.807, 2.05) is 13.0 Å². The van der Waals surface area contributed by atoms with Gasteiger partial charge in [0.05, 0.1) is 10.6 Å². The van der Waals surface area contributed by atoms with Crippen LogP contribution in [0.4, 0.5) is 10.8 Å². The summed E-state index contributed by atoms with van der Waals surface area (Å²) in [5.74, 6) is -0.247. The number of fused-ring (bicyclic) bond motifs is 1. The third kappa shape index (κ3) is 4.13. The molecule has 0 unspecified atom stereocenters. The Balaban J connectivity index is 1.52. The monoisotopic (exact) mass is 427 g/mol. The number of furan rings is 1. The molecule has 2 heterocycles. The second-order valence-corrected chi connectivity index (χ2v) is 7.90. The van der Waals surface area contributed by atoms with Crippen molar-refractivity contribution < 1.29 is 14.1 Å². The molecule has 2 aromatic carbocycles. The van der Waals surface area contributed by atoms with Gasteiger partial charge >= 0.3 is 0 Å². The van der Waals surface area contributed by atoms with E-state index >= 15 is 0 Å². The zero-order valence-electron chi connectivity index (χ0n) is 15.1. The van der Waals surface area contributed by atoms with E-state index in [1.54, 1.807) is 30.3 Å². The molecule has 2 aromatic heterocycles. The summed E-state index contributed by atoms with van der Waals surface area (Å²) in [6.45, 7) is 1.84. The fraction of sp³-hybridized carbons (Fsp3) is 0.100. The van der Waals surface area contributed by atoms with Crippen LogP contribution in [0, 0.1) is 17.0 Å². The Kier molecular flexibility index (Phi) is 5.04. The van der Waals surface area contributed by atoms with E-state index in [0.717, 1.165) is 21.5 Å². The molecule has 0 bridgehead atoms. The minimum atomic E-state index is -0.421. The highest BCUT2D eigenvalue weighted by molar-refractivity contribution is 7.15. The van der Waals surface area contributed by atoms with E-state index in [4.69, 9.17) is 16.0 Å². The van der Waals surface area contributed by atoms with Crippen LogP contribution in [-0.4, -0.2) is 15.8 Å². The molecule has 4 rings (SSSR count). The molecule has 0 aliphatic carbocycles. The lowest BCUT2D eigenvalue weighted by atomic mass is 10.1. The van der Waals surface area contributed by atoms with E-state index in [2.05, 4.69) is 10.3 Å². The molecule has 9 heteroatoms. The van der Waals surface area contributed by atoms with Crippen molar-refractivity contribution in [1.82, 2.24) is 4.98 Å². The number of hydrogen-bond donors (Lipinski definition) is 1. The Morgan fingerprint density at radius 3 is 2.90 bits per heavy atom. The van der Waals surface area contributed by atoms with Crippen molar-refractivity contribution in [2.45, 2.75) is 13.3 Å². The van der Waals surface area contributed by atoms with Crippen LogP contribution in [0.15, 0.2) is 52.9 Å². The van der Waals surface area contributed by atoms with Crippen LogP contribution in [0.2, 0.25) is 5.02 Å². The number of non-ortho nitro benzene ring substituents is 1. The molecule has 1 amide bonds. The molecule has 1 N–H and O–H groups in total. The number of benzene rings is 2. The Bertz CT molecular complexity index is 1250.